The summed E-state index contributed by atoms with van der Waals surface area (Å²) < 4.78 is 0. The molecule has 0 saturated carbocycles. The quantitative estimate of drug-likeness (QED) is 0.488. The SMILES string of the molecule is CCCC(CC)CCC(C)(CC)CC. The minimum atomic E-state index is 0.612. The maximum absolute atomic E-state index is 2.45. The van der Waals surface area contributed by atoms with Crippen LogP contribution in [0.3, 0.4) is 0 Å². The molecule has 0 heterocycles. The Kier molecular flexibility index (Phi) is 7.31. The summed E-state index contributed by atoms with van der Waals surface area (Å²) in [6, 6.07) is 0. The van der Waals surface area contributed by atoms with Gasteiger partial charge in [0, 0.05) is 0 Å². The predicted molar refractivity (Wildman–Crippen MR) is 66.6 cm³/mol. The lowest BCUT2D eigenvalue weighted by Gasteiger charge is -2.28. The molecule has 0 amide bonds. The standard InChI is InChI=1S/C14H30/c1-6-10-13(7-2)11-12-14(5,8-3)9-4/h13H,6-12H2,1-5H3. The van der Waals surface area contributed by atoms with E-state index in [1.807, 2.05) is 0 Å². The summed E-state index contributed by atoms with van der Waals surface area (Å²) in [6.07, 6.45) is 9.71. The van der Waals surface area contributed by atoms with Crippen molar-refractivity contribution >= 4 is 0 Å². The van der Waals surface area contributed by atoms with Gasteiger partial charge in [0.25, 0.3) is 0 Å². The molecule has 0 saturated heterocycles. The molecule has 0 aromatic rings. The van der Waals surface area contributed by atoms with E-state index in [9.17, 15) is 0 Å². The van der Waals surface area contributed by atoms with E-state index in [-0.39, 0.29) is 0 Å². The van der Waals surface area contributed by atoms with Crippen LogP contribution in [-0.2, 0) is 0 Å². The Morgan fingerprint density at radius 2 is 1.50 bits per heavy atom. The normalized spacial score (nSPS) is 14.4. The third-order valence-electron chi connectivity index (χ3n) is 4.14. The summed E-state index contributed by atoms with van der Waals surface area (Å²) in [5.74, 6) is 0.984. The highest BCUT2D eigenvalue weighted by atomic mass is 14.3. The maximum Gasteiger partial charge on any atom is -0.0331 e. The van der Waals surface area contributed by atoms with E-state index in [4.69, 9.17) is 0 Å². The molecule has 0 aromatic heterocycles. The molecule has 1 atom stereocenters. The van der Waals surface area contributed by atoms with Gasteiger partial charge >= 0.3 is 0 Å². The third-order valence-corrected chi connectivity index (χ3v) is 4.14. The summed E-state index contributed by atoms with van der Waals surface area (Å²) in [6.45, 7) is 11.8. The fraction of sp³-hybridized carbons (Fsp3) is 1.00. The van der Waals surface area contributed by atoms with Gasteiger partial charge < -0.3 is 0 Å². The summed E-state index contributed by atoms with van der Waals surface area (Å²) in [4.78, 5) is 0. The molecule has 0 spiro atoms. The van der Waals surface area contributed by atoms with Crippen molar-refractivity contribution in [2.75, 3.05) is 0 Å². The molecule has 0 heteroatoms. The minimum absolute atomic E-state index is 0.612. The second kappa shape index (κ2) is 7.31. The first-order valence-corrected chi connectivity index (χ1v) is 6.61. The van der Waals surface area contributed by atoms with Gasteiger partial charge in [0.1, 0.15) is 0 Å². The van der Waals surface area contributed by atoms with Gasteiger partial charge in [0.2, 0.25) is 0 Å². The van der Waals surface area contributed by atoms with E-state index in [0.717, 1.165) is 5.92 Å². The van der Waals surface area contributed by atoms with E-state index in [1.54, 1.807) is 0 Å². The minimum Gasteiger partial charge on any atom is -0.0654 e. The average molecular weight is 198 g/mol. The molecule has 0 radical (unpaired) electrons. The summed E-state index contributed by atoms with van der Waals surface area (Å²) in [5.41, 5.74) is 0.612. The van der Waals surface area contributed by atoms with E-state index >= 15 is 0 Å². The van der Waals surface area contributed by atoms with Crippen molar-refractivity contribution in [3.05, 3.63) is 0 Å². The van der Waals surface area contributed by atoms with Gasteiger partial charge in [0.05, 0.1) is 0 Å². The van der Waals surface area contributed by atoms with Crippen LogP contribution in [0.5, 0.6) is 0 Å². The predicted octanol–water partition coefficient (Wildman–Crippen LogP) is 5.42. The molecule has 1 unspecified atom stereocenters. The molecule has 0 bridgehead atoms. The molecule has 0 aliphatic carbocycles. The second-order valence-corrected chi connectivity index (χ2v) is 5.12. The van der Waals surface area contributed by atoms with Crippen molar-refractivity contribution in [3.63, 3.8) is 0 Å². The topological polar surface area (TPSA) is 0 Å². The van der Waals surface area contributed by atoms with E-state index in [2.05, 4.69) is 34.6 Å². The molecule has 0 N–H and O–H groups in total. The molecular weight excluding hydrogens is 168 g/mol. The Morgan fingerprint density at radius 3 is 1.86 bits per heavy atom. The Hall–Kier alpha value is 0. The fourth-order valence-electron chi connectivity index (χ4n) is 2.12. The molecule has 0 nitrogen and oxygen atoms in total. The molecule has 0 aliphatic heterocycles. The van der Waals surface area contributed by atoms with Crippen LogP contribution < -0.4 is 0 Å². The van der Waals surface area contributed by atoms with Crippen LogP contribution in [0.4, 0.5) is 0 Å². The van der Waals surface area contributed by atoms with Crippen LogP contribution in [-0.4, -0.2) is 0 Å². The van der Waals surface area contributed by atoms with Crippen LogP contribution >= 0.6 is 0 Å². The average Bonchev–Trinajstić information content (AvgIpc) is 2.23. The fourth-order valence-corrected chi connectivity index (χ4v) is 2.12. The van der Waals surface area contributed by atoms with Crippen LogP contribution in [0.25, 0.3) is 0 Å². The summed E-state index contributed by atoms with van der Waals surface area (Å²) in [7, 11) is 0. The first kappa shape index (κ1) is 14.0. The first-order valence-electron chi connectivity index (χ1n) is 6.61. The van der Waals surface area contributed by atoms with Crippen molar-refractivity contribution in [3.8, 4) is 0 Å². The molecule has 0 fully saturated rings. The molecule has 0 aromatic carbocycles. The highest BCUT2D eigenvalue weighted by Crippen LogP contribution is 2.33. The molecule has 14 heavy (non-hydrogen) atoms. The lowest BCUT2D eigenvalue weighted by molar-refractivity contribution is 0.237. The highest BCUT2D eigenvalue weighted by molar-refractivity contribution is 4.72. The maximum atomic E-state index is 2.45. The summed E-state index contributed by atoms with van der Waals surface area (Å²) in [5, 5.41) is 0. The van der Waals surface area contributed by atoms with Crippen molar-refractivity contribution in [2.45, 2.75) is 79.6 Å². The summed E-state index contributed by atoms with van der Waals surface area (Å²) >= 11 is 0. The largest absolute Gasteiger partial charge is 0.0654 e. The first-order chi connectivity index (χ1) is 6.61. The van der Waals surface area contributed by atoms with Crippen molar-refractivity contribution < 1.29 is 0 Å². The van der Waals surface area contributed by atoms with Gasteiger partial charge in [-0.15, -0.1) is 0 Å². The highest BCUT2D eigenvalue weighted by Gasteiger charge is 2.20. The van der Waals surface area contributed by atoms with Crippen LogP contribution in [0.1, 0.15) is 79.6 Å². The Bertz CT molecular complexity index is 122. The van der Waals surface area contributed by atoms with Gasteiger partial charge in [-0.1, -0.05) is 66.7 Å². The van der Waals surface area contributed by atoms with E-state index < -0.39 is 0 Å². The molecular formula is C14H30. The van der Waals surface area contributed by atoms with Gasteiger partial charge in [-0.25, -0.2) is 0 Å². The van der Waals surface area contributed by atoms with Gasteiger partial charge in [0.15, 0.2) is 0 Å². The monoisotopic (exact) mass is 198 g/mol. The lowest BCUT2D eigenvalue weighted by Crippen LogP contribution is -2.15. The zero-order chi connectivity index (χ0) is 11.0. The van der Waals surface area contributed by atoms with Crippen LogP contribution in [0.2, 0.25) is 0 Å². The zero-order valence-corrected chi connectivity index (χ0v) is 11.0. The smallest absolute Gasteiger partial charge is 0.0331 e. The lowest BCUT2D eigenvalue weighted by atomic mass is 9.77. The van der Waals surface area contributed by atoms with Gasteiger partial charge in [-0.05, 0) is 24.2 Å². The van der Waals surface area contributed by atoms with Crippen molar-refractivity contribution in [2.24, 2.45) is 11.3 Å². The second-order valence-electron chi connectivity index (χ2n) is 5.12. The number of rotatable bonds is 8. The van der Waals surface area contributed by atoms with Gasteiger partial charge in [-0.2, -0.15) is 0 Å². The molecule has 0 rings (SSSR count). The number of hydrogen-bond donors (Lipinski definition) is 0. The Labute approximate surface area is 91.5 Å². The van der Waals surface area contributed by atoms with E-state index in [0.29, 0.717) is 5.41 Å². The zero-order valence-electron chi connectivity index (χ0n) is 11.0. The van der Waals surface area contributed by atoms with Crippen LogP contribution in [0.15, 0.2) is 0 Å². The Morgan fingerprint density at radius 1 is 0.929 bits per heavy atom. The van der Waals surface area contributed by atoms with Crippen molar-refractivity contribution in [1.82, 2.24) is 0 Å². The molecule has 86 valence electrons. The van der Waals surface area contributed by atoms with Crippen LogP contribution in [0, 0.1) is 11.3 Å². The number of hydrogen-bond acceptors (Lipinski definition) is 0. The molecule has 0 aliphatic rings. The Balaban J connectivity index is 3.87. The van der Waals surface area contributed by atoms with Gasteiger partial charge in [-0.3, -0.25) is 0 Å². The third kappa shape index (κ3) is 5.02. The van der Waals surface area contributed by atoms with E-state index in [1.165, 1.54) is 44.9 Å². The van der Waals surface area contributed by atoms with Crippen molar-refractivity contribution in [1.29, 1.82) is 0 Å².